The van der Waals surface area contributed by atoms with Crippen molar-refractivity contribution in [3.63, 3.8) is 0 Å². The number of piperidine rings is 1. The van der Waals surface area contributed by atoms with Crippen LogP contribution in [-0.4, -0.2) is 39.8 Å². The van der Waals surface area contributed by atoms with Crippen LogP contribution in [0.25, 0.3) is 10.9 Å². The van der Waals surface area contributed by atoms with Crippen molar-refractivity contribution in [2.24, 2.45) is 5.92 Å². The number of nitrogens with one attached hydrogen (secondary N) is 1. The number of nitrogens with zero attached hydrogens (tertiary/aromatic N) is 3. The Morgan fingerprint density at radius 1 is 1.13 bits per heavy atom. The van der Waals surface area contributed by atoms with Crippen LogP contribution in [0.3, 0.4) is 0 Å². The topological polar surface area (TPSA) is 75.2 Å². The molecule has 6 heteroatoms. The zero-order valence-corrected chi connectivity index (χ0v) is 17.2. The van der Waals surface area contributed by atoms with Crippen molar-refractivity contribution in [3.8, 4) is 0 Å². The first kappa shape index (κ1) is 20.0. The van der Waals surface area contributed by atoms with Gasteiger partial charge in [0, 0.05) is 48.8 Å². The SMILES string of the molecule is CCC(=O)Nc1ccc(C(=O)N2CCC[C@@H](Cc3ncc4ccccc4n3)C2)cc1. The van der Waals surface area contributed by atoms with Crippen LogP contribution in [0.5, 0.6) is 0 Å². The molecular formula is C24H26N4O2. The lowest BCUT2D eigenvalue weighted by Crippen LogP contribution is -2.40. The Morgan fingerprint density at radius 3 is 2.73 bits per heavy atom. The van der Waals surface area contributed by atoms with E-state index in [-0.39, 0.29) is 11.8 Å². The minimum atomic E-state index is -0.0381. The summed E-state index contributed by atoms with van der Waals surface area (Å²) in [4.78, 5) is 35.6. The molecule has 154 valence electrons. The third kappa shape index (κ3) is 4.64. The molecular weight excluding hydrogens is 376 g/mol. The van der Waals surface area contributed by atoms with Gasteiger partial charge >= 0.3 is 0 Å². The normalized spacial score (nSPS) is 16.4. The van der Waals surface area contributed by atoms with Crippen molar-refractivity contribution in [1.82, 2.24) is 14.9 Å². The Hall–Kier alpha value is -3.28. The number of benzene rings is 2. The molecule has 3 aromatic rings. The molecule has 2 amide bonds. The van der Waals surface area contributed by atoms with Gasteiger partial charge in [0.2, 0.25) is 5.91 Å². The highest BCUT2D eigenvalue weighted by atomic mass is 16.2. The highest BCUT2D eigenvalue weighted by Gasteiger charge is 2.25. The molecule has 1 fully saturated rings. The highest BCUT2D eigenvalue weighted by molar-refractivity contribution is 5.95. The van der Waals surface area contributed by atoms with Crippen LogP contribution in [0.4, 0.5) is 5.69 Å². The number of likely N-dealkylation sites (tertiary alicyclic amines) is 1. The van der Waals surface area contributed by atoms with Gasteiger partial charge in [-0.1, -0.05) is 25.1 Å². The molecule has 2 aromatic carbocycles. The van der Waals surface area contributed by atoms with Crippen molar-refractivity contribution in [2.75, 3.05) is 18.4 Å². The molecule has 1 saturated heterocycles. The van der Waals surface area contributed by atoms with Gasteiger partial charge in [-0.15, -0.1) is 0 Å². The summed E-state index contributed by atoms with van der Waals surface area (Å²) in [6, 6.07) is 15.1. The monoisotopic (exact) mass is 402 g/mol. The molecule has 2 heterocycles. The minimum Gasteiger partial charge on any atom is -0.338 e. The molecule has 30 heavy (non-hydrogen) atoms. The first-order valence-corrected chi connectivity index (χ1v) is 10.5. The summed E-state index contributed by atoms with van der Waals surface area (Å²) in [6.07, 6.45) is 5.13. The lowest BCUT2D eigenvalue weighted by atomic mass is 9.94. The number of para-hydroxylation sites is 1. The van der Waals surface area contributed by atoms with Crippen LogP contribution in [-0.2, 0) is 11.2 Å². The van der Waals surface area contributed by atoms with Gasteiger partial charge in [-0.3, -0.25) is 9.59 Å². The van der Waals surface area contributed by atoms with E-state index >= 15 is 0 Å². The Bertz CT molecular complexity index is 1050. The molecule has 4 rings (SSSR count). The molecule has 1 aliphatic rings. The van der Waals surface area contributed by atoms with E-state index in [1.54, 1.807) is 24.3 Å². The molecule has 0 saturated carbocycles. The van der Waals surface area contributed by atoms with E-state index in [9.17, 15) is 9.59 Å². The quantitative estimate of drug-likeness (QED) is 0.698. The van der Waals surface area contributed by atoms with Crippen molar-refractivity contribution in [2.45, 2.75) is 32.6 Å². The van der Waals surface area contributed by atoms with Crippen molar-refractivity contribution in [3.05, 3.63) is 66.1 Å². The van der Waals surface area contributed by atoms with Gasteiger partial charge in [0.1, 0.15) is 5.82 Å². The summed E-state index contributed by atoms with van der Waals surface area (Å²) in [5.41, 5.74) is 2.32. The third-order valence-corrected chi connectivity index (χ3v) is 5.55. The maximum atomic E-state index is 13.0. The molecule has 0 bridgehead atoms. The lowest BCUT2D eigenvalue weighted by molar-refractivity contribution is -0.115. The molecule has 1 aromatic heterocycles. The molecule has 0 unspecified atom stereocenters. The fraction of sp³-hybridized carbons (Fsp3) is 0.333. The van der Waals surface area contributed by atoms with Crippen LogP contribution < -0.4 is 5.32 Å². The molecule has 0 radical (unpaired) electrons. The van der Waals surface area contributed by atoms with Crippen LogP contribution in [0.1, 0.15) is 42.4 Å². The largest absolute Gasteiger partial charge is 0.338 e. The van der Waals surface area contributed by atoms with Gasteiger partial charge < -0.3 is 10.2 Å². The Kier molecular flexibility index (Phi) is 6.02. The first-order chi connectivity index (χ1) is 14.6. The molecule has 1 N–H and O–H groups in total. The summed E-state index contributed by atoms with van der Waals surface area (Å²) < 4.78 is 0. The molecule has 0 aliphatic carbocycles. The van der Waals surface area contributed by atoms with Gasteiger partial charge in [0.05, 0.1) is 5.52 Å². The number of anilines is 1. The second-order valence-corrected chi connectivity index (χ2v) is 7.79. The molecule has 1 atom stereocenters. The number of aromatic nitrogens is 2. The number of carbonyl (C=O) groups excluding carboxylic acids is 2. The minimum absolute atomic E-state index is 0.0347. The van der Waals surface area contributed by atoms with Gasteiger partial charge in [-0.2, -0.15) is 0 Å². The van der Waals surface area contributed by atoms with Gasteiger partial charge in [0.25, 0.3) is 5.91 Å². The smallest absolute Gasteiger partial charge is 0.253 e. The summed E-state index contributed by atoms with van der Waals surface area (Å²) in [5, 5.41) is 3.85. The number of amides is 2. The summed E-state index contributed by atoms with van der Waals surface area (Å²) >= 11 is 0. The van der Waals surface area contributed by atoms with E-state index < -0.39 is 0 Å². The summed E-state index contributed by atoms with van der Waals surface area (Å²) in [5.74, 6) is 1.19. The second kappa shape index (κ2) is 9.03. The maximum Gasteiger partial charge on any atom is 0.253 e. The third-order valence-electron chi connectivity index (χ3n) is 5.55. The van der Waals surface area contributed by atoms with Crippen molar-refractivity contribution < 1.29 is 9.59 Å². The van der Waals surface area contributed by atoms with E-state index in [4.69, 9.17) is 0 Å². The van der Waals surface area contributed by atoms with E-state index in [2.05, 4.69) is 15.3 Å². The second-order valence-electron chi connectivity index (χ2n) is 7.79. The Labute approximate surface area is 176 Å². The maximum absolute atomic E-state index is 13.0. The first-order valence-electron chi connectivity index (χ1n) is 10.5. The fourth-order valence-electron chi connectivity index (χ4n) is 3.91. The average Bonchev–Trinajstić information content (AvgIpc) is 2.79. The van der Waals surface area contributed by atoms with Crippen LogP contribution in [0.2, 0.25) is 0 Å². The van der Waals surface area contributed by atoms with Gasteiger partial charge in [-0.05, 0) is 49.1 Å². The molecule has 1 aliphatic heterocycles. The van der Waals surface area contributed by atoms with Crippen molar-refractivity contribution >= 4 is 28.4 Å². The Morgan fingerprint density at radius 2 is 1.93 bits per heavy atom. The van der Waals surface area contributed by atoms with Crippen LogP contribution in [0, 0.1) is 5.92 Å². The van der Waals surface area contributed by atoms with E-state index in [0.717, 1.165) is 42.5 Å². The fourth-order valence-corrected chi connectivity index (χ4v) is 3.91. The number of carbonyl (C=O) groups is 2. The number of hydrogen-bond acceptors (Lipinski definition) is 4. The van der Waals surface area contributed by atoms with E-state index in [0.29, 0.717) is 30.1 Å². The summed E-state index contributed by atoms with van der Waals surface area (Å²) in [7, 11) is 0. The lowest BCUT2D eigenvalue weighted by Gasteiger charge is -2.32. The van der Waals surface area contributed by atoms with Crippen LogP contribution >= 0.6 is 0 Å². The van der Waals surface area contributed by atoms with Gasteiger partial charge in [0.15, 0.2) is 0 Å². The highest BCUT2D eigenvalue weighted by Crippen LogP contribution is 2.22. The Balaban J connectivity index is 1.40. The van der Waals surface area contributed by atoms with Gasteiger partial charge in [-0.25, -0.2) is 9.97 Å². The zero-order chi connectivity index (χ0) is 20.9. The number of hydrogen-bond donors (Lipinski definition) is 1. The van der Waals surface area contributed by atoms with E-state index in [1.807, 2.05) is 42.3 Å². The van der Waals surface area contributed by atoms with Crippen molar-refractivity contribution in [1.29, 1.82) is 0 Å². The predicted octanol–water partition coefficient (Wildman–Crippen LogP) is 4.07. The van der Waals surface area contributed by atoms with Crippen LogP contribution in [0.15, 0.2) is 54.7 Å². The number of rotatable bonds is 5. The molecule has 0 spiro atoms. The summed E-state index contributed by atoms with van der Waals surface area (Å²) in [6.45, 7) is 3.29. The number of fused-ring (bicyclic) bond motifs is 1. The van der Waals surface area contributed by atoms with E-state index in [1.165, 1.54) is 0 Å². The molecule has 6 nitrogen and oxygen atoms in total. The zero-order valence-electron chi connectivity index (χ0n) is 17.2. The standard InChI is InChI=1S/C24H26N4O2/c1-2-23(29)26-20-11-9-18(10-12-20)24(30)28-13-5-6-17(16-28)14-22-25-15-19-7-3-4-8-21(19)27-22/h3-4,7-12,15,17H,2,5-6,13-14,16H2,1H3,(H,26,29)/t17-/m0/s1. The average molecular weight is 402 g/mol. The predicted molar refractivity (Wildman–Crippen MR) is 117 cm³/mol.